The molecule has 0 aliphatic heterocycles. The molecule has 1 aromatic rings. The highest BCUT2D eigenvalue weighted by Crippen LogP contribution is 2.35. The van der Waals surface area contributed by atoms with E-state index in [4.69, 9.17) is 0 Å². The van der Waals surface area contributed by atoms with Crippen LogP contribution in [0.2, 0.25) is 0 Å². The zero-order valence-electron chi connectivity index (χ0n) is 11.5. The fourth-order valence-corrected chi connectivity index (χ4v) is 2.14. The number of thioether (sulfide) groups is 1. The molecule has 0 aliphatic carbocycles. The Hall–Kier alpha value is -1.37. The third-order valence-corrected chi connectivity index (χ3v) is 3.41. The summed E-state index contributed by atoms with van der Waals surface area (Å²) in [5, 5.41) is 2.48. The van der Waals surface area contributed by atoms with Gasteiger partial charge in [-0.05, 0) is 24.5 Å². The van der Waals surface area contributed by atoms with Crippen LogP contribution in [0.1, 0.15) is 15.9 Å². The van der Waals surface area contributed by atoms with Crippen molar-refractivity contribution in [1.29, 1.82) is 0 Å². The molecule has 0 heterocycles. The fourth-order valence-electron chi connectivity index (χ4n) is 1.68. The second kappa shape index (κ2) is 6.88. The maximum atomic E-state index is 12.9. The summed E-state index contributed by atoms with van der Waals surface area (Å²) in [7, 11) is 2.99. The summed E-state index contributed by atoms with van der Waals surface area (Å²) in [5.41, 5.74) is -0.829. The maximum absolute atomic E-state index is 12.9. The molecule has 0 saturated heterocycles. The Kier molecular flexibility index (Phi) is 5.74. The molecule has 112 valence electrons. The van der Waals surface area contributed by atoms with Gasteiger partial charge < -0.3 is 10.2 Å². The van der Waals surface area contributed by atoms with Gasteiger partial charge in [0, 0.05) is 37.6 Å². The number of amides is 1. The lowest BCUT2D eigenvalue weighted by atomic mass is 10.1. The molecule has 1 N–H and O–H groups in total. The first-order valence-electron chi connectivity index (χ1n) is 5.94. The molecule has 0 radical (unpaired) electrons. The summed E-state index contributed by atoms with van der Waals surface area (Å²) in [6.45, 7) is 0.495. The van der Waals surface area contributed by atoms with Gasteiger partial charge in [0.05, 0.1) is 5.56 Å². The Morgan fingerprint density at radius 1 is 1.40 bits per heavy atom. The summed E-state index contributed by atoms with van der Waals surface area (Å²) in [4.78, 5) is 13.5. The highest BCUT2D eigenvalue weighted by Gasteiger charge is 2.34. The van der Waals surface area contributed by atoms with Gasteiger partial charge in [-0.15, -0.1) is 0 Å². The molecule has 7 heteroatoms. The van der Waals surface area contributed by atoms with Crippen LogP contribution >= 0.6 is 11.8 Å². The number of carbonyl (C=O) groups excluding carboxylic acids is 1. The number of nitrogens with zero attached hydrogens (tertiary/aromatic N) is 1. The summed E-state index contributed by atoms with van der Waals surface area (Å²) in [6.07, 6.45) is -2.59. The molecule has 0 saturated carbocycles. The molecule has 1 rings (SSSR count). The topological polar surface area (TPSA) is 32.3 Å². The van der Waals surface area contributed by atoms with Crippen molar-refractivity contribution in [3.8, 4) is 0 Å². The molecule has 0 unspecified atom stereocenters. The quantitative estimate of drug-likeness (QED) is 0.907. The Labute approximate surface area is 120 Å². The van der Waals surface area contributed by atoms with Crippen LogP contribution in [-0.4, -0.2) is 43.5 Å². The third kappa shape index (κ3) is 4.06. The van der Waals surface area contributed by atoms with Crippen molar-refractivity contribution >= 4 is 23.4 Å². The molecular formula is C13H17F3N2OS. The number of halogens is 3. The van der Waals surface area contributed by atoms with Crippen LogP contribution in [0, 0.1) is 0 Å². The molecule has 0 bridgehead atoms. The first-order valence-corrected chi connectivity index (χ1v) is 7.34. The normalized spacial score (nSPS) is 11.3. The standard InChI is InChI=1S/C13H17F3N2OS/c1-17-11-5-4-9(8-10(11)13(14,15)16)12(19)18(2)6-7-20-3/h4-5,8,17H,6-7H2,1-3H3. The van der Waals surface area contributed by atoms with Gasteiger partial charge >= 0.3 is 6.18 Å². The Balaban J connectivity index is 3.05. The summed E-state index contributed by atoms with van der Waals surface area (Å²) in [6, 6.07) is 3.57. The largest absolute Gasteiger partial charge is 0.418 e. The van der Waals surface area contributed by atoms with Gasteiger partial charge in [0.1, 0.15) is 0 Å². The number of rotatable bonds is 5. The van der Waals surface area contributed by atoms with E-state index in [0.29, 0.717) is 6.54 Å². The van der Waals surface area contributed by atoms with Gasteiger partial charge in [0.15, 0.2) is 0 Å². The number of anilines is 1. The molecule has 0 aliphatic rings. The van der Waals surface area contributed by atoms with Crippen molar-refractivity contribution in [3.63, 3.8) is 0 Å². The highest BCUT2D eigenvalue weighted by molar-refractivity contribution is 7.98. The number of carbonyl (C=O) groups is 1. The van der Waals surface area contributed by atoms with E-state index in [2.05, 4.69) is 5.32 Å². The van der Waals surface area contributed by atoms with E-state index in [-0.39, 0.29) is 11.3 Å². The van der Waals surface area contributed by atoms with E-state index < -0.39 is 17.6 Å². The molecule has 3 nitrogen and oxygen atoms in total. The lowest BCUT2D eigenvalue weighted by molar-refractivity contribution is -0.136. The maximum Gasteiger partial charge on any atom is 0.418 e. The van der Waals surface area contributed by atoms with E-state index >= 15 is 0 Å². The first kappa shape index (κ1) is 16.7. The van der Waals surface area contributed by atoms with Gasteiger partial charge in [-0.3, -0.25) is 4.79 Å². The minimum absolute atomic E-state index is 0.0409. The first-order chi connectivity index (χ1) is 9.31. The van der Waals surface area contributed by atoms with Crippen LogP contribution in [0.5, 0.6) is 0 Å². The number of alkyl halides is 3. The highest BCUT2D eigenvalue weighted by atomic mass is 32.2. The molecular weight excluding hydrogens is 289 g/mol. The second-order valence-electron chi connectivity index (χ2n) is 4.23. The monoisotopic (exact) mass is 306 g/mol. The molecule has 0 spiro atoms. The summed E-state index contributed by atoms with van der Waals surface area (Å²) < 4.78 is 38.7. The van der Waals surface area contributed by atoms with E-state index in [1.807, 2.05) is 6.26 Å². The van der Waals surface area contributed by atoms with Crippen molar-refractivity contribution in [2.24, 2.45) is 0 Å². The lowest BCUT2D eigenvalue weighted by Crippen LogP contribution is -2.29. The van der Waals surface area contributed by atoms with Crippen LogP contribution in [0.25, 0.3) is 0 Å². The molecule has 0 aromatic heterocycles. The average Bonchev–Trinajstić information content (AvgIpc) is 2.42. The zero-order chi connectivity index (χ0) is 15.3. The van der Waals surface area contributed by atoms with Gasteiger partial charge in [0.25, 0.3) is 5.91 Å². The summed E-state index contributed by atoms with van der Waals surface area (Å²) >= 11 is 1.57. The molecule has 20 heavy (non-hydrogen) atoms. The van der Waals surface area contributed by atoms with Crippen LogP contribution in [0.3, 0.4) is 0 Å². The Bertz CT molecular complexity index is 477. The van der Waals surface area contributed by atoms with Gasteiger partial charge in [-0.25, -0.2) is 0 Å². The van der Waals surface area contributed by atoms with Crippen molar-refractivity contribution in [1.82, 2.24) is 4.90 Å². The lowest BCUT2D eigenvalue weighted by Gasteiger charge is -2.18. The Morgan fingerprint density at radius 3 is 2.55 bits per heavy atom. The van der Waals surface area contributed by atoms with E-state index in [1.54, 1.807) is 18.8 Å². The van der Waals surface area contributed by atoms with E-state index in [0.717, 1.165) is 11.8 Å². The number of hydrogen-bond acceptors (Lipinski definition) is 3. The van der Waals surface area contributed by atoms with Gasteiger partial charge in [-0.2, -0.15) is 24.9 Å². The third-order valence-electron chi connectivity index (χ3n) is 2.82. The molecule has 1 aromatic carbocycles. The SMILES string of the molecule is CNc1ccc(C(=O)N(C)CCSC)cc1C(F)(F)F. The van der Waals surface area contributed by atoms with Crippen LogP contribution in [-0.2, 0) is 6.18 Å². The number of benzene rings is 1. The van der Waals surface area contributed by atoms with E-state index in [9.17, 15) is 18.0 Å². The molecule has 1 amide bonds. The average molecular weight is 306 g/mol. The van der Waals surface area contributed by atoms with Crippen molar-refractivity contribution in [2.75, 3.05) is 38.0 Å². The Morgan fingerprint density at radius 2 is 2.05 bits per heavy atom. The predicted molar refractivity (Wildman–Crippen MR) is 76.3 cm³/mol. The van der Waals surface area contributed by atoms with Crippen molar-refractivity contribution in [2.45, 2.75) is 6.18 Å². The van der Waals surface area contributed by atoms with E-state index in [1.165, 1.54) is 24.1 Å². The second-order valence-corrected chi connectivity index (χ2v) is 5.21. The van der Waals surface area contributed by atoms with Gasteiger partial charge in [0.2, 0.25) is 0 Å². The zero-order valence-corrected chi connectivity index (χ0v) is 12.4. The summed E-state index contributed by atoms with van der Waals surface area (Å²) in [5.74, 6) is 0.329. The van der Waals surface area contributed by atoms with Crippen molar-refractivity contribution < 1.29 is 18.0 Å². The van der Waals surface area contributed by atoms with Crippen molar-refractivity contribution in [3.05, 3.63) is 29.3 Å². The minimum Gasteiger partial charge on any atom is -0.388 e. The van der Waals surface area contributed by atoms with Crippen LogP contribution in [0.15, 0.2) is 18.2 Å². The van der Waals surface area contributed by atoms with Crippen LogP contribution < -0.4 is 5.32 Å². The smallest absolute Gasteiger partial charge is 0.388 e. The molecule has 0 atom stereocenters. The fraction of sp³-hybridized carbons (Fsp3) is 0.462. The van der Waals surface area contributed by atoms with Crippen LogP contribution in [0.4, 0.5) is 18.9 Å². The molecule has 0 fully saturated rings. The number of nitrogens with one attached hydrogen (secondary N) is 1. The number of hydrogen-bond donors (Lipinski definition) is 1. The predicted octanol–water partition coefficient (Wildman–Crippen LogP) is 3.18. The minimum atomic E-state index is -4.49. The van der Waals surface area contributed by atoms with Gasteiger partial charge in [-0.1, -0.05) is 0 Å².